The molecule has 2 aromatic rings. The second-order valence-electron chi connectivity index (χ2n) is 27.3. The van der Waals surface area contributed by atoms with Gasteiger partial charge in [0.05, 0.1) is 19.1 Å². The lowest BCUT2D eigenvalue weighted by molar-refractivity contribution is -0.144. The van der Waals surface area contributed by atoms with Crippen LogP contribution in [0.25, 0.3) is 0 Å². The summed E-state index contributed by atoms with van der Waals surface area (Å²) in [5.74, 6) is -19.3. The summed E-state index contributed by atoms with van der Waals surface area (Å²) in [5.41, 5.74) is 23.3. The van der Waals surface area contributed by atoms with Crippen LogP contribution in [0, 0.1) is 23.7 Å². The maximum Gasteiger partial charge on any atom is 0.326 e. The van der Waals surface area contributed by atoms with Gasteiger partial charge in [-0.1, -0.05) is 86.1 Å². The number of carboxylic acids is 2. The third kappa shape index (κ3) is 33.3. The molecule has 0 unspecified atom stereocenters. The minimum absolute atomic E-state index is 0.0529. The fourth-order valence-electron chi connectivity index (χ4n) is 10.6. The maximum atomic E-state index is 14.5. The highest BCUT2D eigenvalue weighted by Crippen LogP contribution is 2.18. The average Bonchev–Trinajstić information content (AvgIpc) is 0.850. The van der Waals surface area contributed by atoms with E-state index in [1.807, 2.05) is 0 Å². The van der Waals surface area contributed by atoms with Gasteiger partial charge < -0.3 is 112 Å². The second-order valence-corrected chi connectivity index (χ2v) is 28.2. The molecule has 0 radical (unpaired) electrons. The summed E-state index contributed by atoms with van der Waals surface area (Å²) < 4.78 is 0. The molecule has 25 N–H and O–H groups in total. The van der Waals surface area contributed by atoms with Crippen molar-refractivity contribution in [1.29, 1.82) is 0 Å². The molecule has 0 saturated heterocycles. The third-order valence-electron chi connectivity index (χ3n) is 17.3. The quantitative estimate of drug-likeness (QED) is 0.0281. The first-order valence-electron chi connectivity index (χ1n) is 35.5. The topological polar surface area (TPSA) is 623 Å². The van der Waals surface area contributed by atoms with Gasteiger partial charge in [-0.3, -0.25) is 71.9 Å². The summed E-state index contributed by atoms with van der Waals surface area (Å²) in [6.45, 7) is 12.7. The molecular weight excluding hydrogens is 1430 g/mol. The van der Waals surface area contributed by atoms with Crippen LogP contribution in [0.15, 0.2) is 48.5 Å². The largest absolute Gasteiger partial charge is 0.508 e. The molecule has 0 bridgehead atoms. The standard InChI is InChI=1S/C70H110N16O21S/c1-11-37(8)57(69(105)81-49(32-53(92)93)65(101)85-56(36(6)7)70(106)107)86-62(98)46(27-29-108-10)77-60(96)44(14-12-13-28-71)76-61(97)45(24-26-52(74)91)78-67(103)54(34(2)3)84-68(104)55(35(4)5)83-64(100)48(31-40-17-21-42(89)22-18-40)80-66(102)50(33-87)82-58(94)38(9)75-63(99)47(30-39-15-19-41(88)20-16-39)79-59(95)43(72)23-25-51(73)90/h15-22,34-38,43-50,54-57,87-89H,11-14,23-33,71-72H2,1-10H3,(H2,73,90)(H2,74,91)(H,75,99)(H,76,97)(H,77,96)(H,78,103)(H,79,95)(H,80,102)(H,81,105)(H,82,94)(H,83,100)(H,84,104)(H,85,101)(H,86,98)(H,92,93)(H,106,107)/t37-,38-,43-,44-,45-,46-,47-,48-,49-,50-,54-,55-,56-,57-/m0/s1. The Labute approximate surface area is 630 Å². The highest BCUT2D eigenvalue weighted by Gasteiger charge is 2.39. The Balaban J connectivity index is 2.47. The normalized spacial score (nSPS) is 15.1. The molecule has 602 valence electrons. The van der Waals surface area contributed by atoms with Crippen LogP contribution in [0.1, 0.15) is 138 Å². The van der Waals surface area contributed by atoms with Crippen LogP contribution in [0.2, 0.25) is 0 Å². The summed E-state index contributed by atoms with van der Waals surface area (Å²) in [6, 6.07) is -8.78. The molecule has 37 nitrogen and oxygen atoms in total. The number of hydrogen-bond acceptors (Lipinski definition) is 22. The summed E-state index contributed by atoms with van der Waals surface area (Å²) in [6.07, 6.45) is -0.462. The van der Waals surface area contributed by atoms with Gasteiger partial charge in [-0.25, -0.2) is 4.79 Å². The van der Waals surface area contributed by atoms with Crippen molar-refractivity contribution in [1.82, 2.24) is 63.8 Å². The Hall–Kier alpha value is -10.2. The van der Waals surface area contributed by atoms with E-state index in [1.165, 1.54) is 109 Å². The third-order valence-corrected chi connectivity index (χ3v) is 17.9. The number of unbranched alkanes of at least 4 members (excludes halogenated alkanes) is 1. The van der Waals surface area contributed by atoms with Crippen molar-refractivity contribution >= 4 is 106 Å². The van der Waals surface area contributed by atoms with E-state index >= 15 is 0 Å². The Bertz CT molecular complexity index is 3400. The highest BCUT2D eigenvalue weighted by atomic mass is 32.2. The van der Waals surface area contributed by atoms with Crippen molar-refractivity contribution in [2.75, 3.05) is 25.2 Å². The van der Waals surface area contributed by atoms with Gasteiger partial charge >= 0.3 is 11.9 Å². The number of aromatic hydroxyl groups is 2. The summed E-state index contributed by atoms with van der Waals surface area (Å²) in [5, 5.41) is 79.5. The van der Waals surface area contributed by atoms with E-state index in [-0.39, 0.29) is 75.2 Å². The van der Waals surface area contributed by atoms with E-state index in [2.05, 4.69) is 63.8 Å². The van der Waals surface area contributed by atoms with Crippen LogP contribution in [0.5, 0.6) is 11.5 Å². The summed E-state index contributed by atoms with van der Waals surface area (Å²) in [4.78, 5) is 216. The molecule has 108 heavy (non-hydrogen) atoms. The first kappa shape index (κ1) is 93.9. The fourth-order valence-corrected chi connectivity index (χ4v) is 11.0. The van der Waals surface area contributed by atoms with Crippen LogP contribution in [-0.2, 0) is 89.6 Å². The maximum absolute atomic E-state index is 14.5. The monoisotopic (exact) mass is 1540 g/mol. The number of aliphatic hydroxyl groups is 1. The molecule has 0 fully saturated rings. The molecule has 14 atom stereocenters. The Kier molecular flexibility index (Phi) is 41.3. The molecule has 0 saturated carbocycles. The van der Waals surface area contributed by atoms with Gasteiger partial charge in [0.25, 0.3) is 0 Å². The number of primary amides is 2. The van der Waals surface area contributed by atoms with Crippen LogP contribution in [-0.4, -0.2) is 224 Å². The molecule has 0 spiro atoms. The Morgan fingerprint density at radius 2 is 0.778 bits per heavy atom. The summed E-state index contributed by atoms with van der Waals surface area (Å²) >= 11 is 1.29. The van der Waals surface area contributed by atoms with Crippen LogP contribution in [0.4, 0.5) is 0 Å². The van der Waals surface area contributed by atoms with Crippen LogP contribution < -0.4 is 86.7 Å². The molecule has 2 aromatic carbocycles. The van der Waals surface area contributed by atoms with Gasteiger partial charge in [-0.15, -0.1) is 0 Å². The van der Waals surface area contributed by atoms with E-state index in [0.29, 0.717) is 17.5 Å². The van der Waals surface area contributed by atoms with Crippen molar-refractivity contribution in [3.8, 4) is 11.5 Å². The zero-order valence-corrected chi connectivity index (χ0v) is 63.3. The van der Waals surface area contributed by atoms with E-state index < -0.39 is 223 Å². The van der Waals surface area contributed by atoms with E-state index in [0.717, 1.165) is 0 Å². The van der Waals surface area contributed by atoms with Crippen molar-refractivity contribution in [3.05, 3.63) is 59.7 Å². The van der Waals surface area contributed by atoms with Gasteiger partial charge in [-0.2, -0.15) is 11.8 Å². The number of amides is 14. The van der Waals surface area contributed by atoms with Gasteiger partial charge in [-0.05, 0) is 123 Å². The molecule has 0 heterocycles. The Morgan fingerprint density at radius 3 is 1.23 bits per heavy atom. The lowest BCUT2D eigenvalue weighted by Crippen LogP contribution is -2.62. The highest BCUT2D eigenvalue weighted by molar-refractivity contribution is 7.98. The molecular formula is C70H110N16O21S. The van der Waals surface area contributed by atoms with Crippen LogP contribution >= 0.6 is 11.8 Å². The van der Waals surface area contributed by atoms with Crippen molar-refractivity contribution in [3.63, 3.8) is 0 Å². The lowest BCUT2D eigenvalue weighted by Gasteiger charge is -2.30. The number of aliphatic carboxylic acids is 2. The van der Waals surface area contributed by atoms with Crippen molar-refractivity contribution in [2.24, 2.45) is 46.6 Å². The lowest BCUT2D eigenvalue weighted by atomic mass is 9.97. The average molecular weight is 1540 g/mol. The van der Waals surface area contributed by atoms with Crippen molar-refractivity contribution < 1.29 is 102 Å². The van der Waals surface area contributed by atoms with E-state index in [1.54, 1.807) is 20.1 Å². The summed E-state index contributed by atoms with van der Waals surface area (Å²) in [7, 11) is 0. The molecule has 0 aromatic heterocycles. The molecule has 2 rings (SSSR count). The molecule has 0 aliphatic heterocycles. The van der Waals surface area contributed by atoms with E-state index in [4.69, 9.17) is 22.9 Å². The number of nitrogens with one attached hydrogen (secondary N) is 12. The molecule has 14 amide bonds. The number of benzene rings is 2. The van der Waals surface area contributed by atoms with E-state index in [9.17, 15) is 102 Å². The molecule has 0 aliphatic rings. The predicted molar refractivity (Wildman–Crippen MR) is 394 cm³/mol. The molecule has 38 heteroatoms. The Morgan fingerprint density at radius 1 is 0.417 bits per heavy atom. The number of phenolic OH excluding ortho intramolecular Hbond substituents is 2. The number of thioether (sulfide) groups is 1. The van der Waals surface area contributed by atoms with Gasteiger partial charge in [0.15, 0.2) is 0 Å². The van der Waals surface area contributed by atoms with Crippen molar-refractivity contribution in [2.45, 2.75) is 218 Å². The number of nitrogens with two attached hydrogens (primary N) is 4. The number of rotatable bonds is 50. The second kappa shape index (κ2) is 47.5. The van der Waals surface area contributed by atoms with Gasteiger partial charge in [0, 0.05) is 25.7 Å². The minimum Gasteiger partial charge on any atom is -0.508 e. The van der Waals surface area contributed by atoms with Crippen LogP contribution in [0.3, 0.4) is 0 Å². The zero-order chi connectivity index (χ0) is 81.8. The number of aliphatic hydroxyl groups excluding tert-OH is 1. The number of hydrogen-bond donors (Lipinski definition) is 21. The minimum atomic E-state index is -1.81. The van der Waals surface area contributed by atoms with Gasteiger partial charge in [0.1, 0.15) is 84.0 Å². The smallest absolute Gasteiger partial charge is 0.326 e. The first-order chi connectivity index (χ1) is 50.7. The number of carbonyl (C=O) groups is 16. The zero-order valence-electron chi connectivity index (χ0n) is 62.5. The number of phenols is 2. The molecule has 0 aliphatic carbocycles. The van der Waals surface area contributed by atoms with Gasteiger partial charge in [0.2, 0.25) is 82.7 Å². The fraction of sp³-hybridized carbons (Fsp3) is 0.600. The number of carboxylic acid groups (broad SMARTS) is 2. The first-order valence-corrected chi connectivity index (χ1v) is 36.8. The predicted octanol–water partition coefficient (Wildman–Crippen LogP) is -3.97. The SMILES string of the molecule is CC[C@H](C)[C@H](NC(=O)[C@H](CCSC)NC(=O)[C@H](CCCCN)NC(=O)[C@H](CCC(N)=O)NC(=O)[C@@H](NC(=O)[C@@H](NC(=O)[C@H](Cc1ccc(O)cc1)NC(=O)[C@H](CO)NC(=O)[C@H](C)NC(=O)[C@H](Cc1ccc(O)cc1)NC(=O)[C@@H](N)CCC(N)=O)C(C)C)C(C)C)C(=O)N[C@@H](CC(=O)O)C(=O)N[C@H](C(=O)O)C(C)C. The number of carbonyl (C=O) groups excluding carboxylic acids is 14.